The van der Waals surface area contributed by atoms with E-state index in [0.717, 1.165) is 11.1 Å². The van der Waals surface area contributed by atoms with Crippen molar-refractivity contribution in [2.24, 2.45) is 0 Å². The van der Waals surface area contributed by atoms with Gasteiger partial charge in [0.25, 0.3) is 0 Å². The van der Waals surface area contributed by atoms with Crippen LogP contribution in [0.15, 0.2) is 84.9 Å². The number of anilines is 1. The summed E-state index contributed by atoms with van der Waals surface area (Å²) >= 11 is 1.44. The van der Waals surface area contributed by atoms with Crippen molar-refractivity contribution in [3.63, 3.8) is 0 Å². The fourth-order valence-electron chi connectivity index (χ4n) is 4.42. The molecule has 10 heteroatoms. The third kappa shape index (κ3) is 8.96. The molecule has 4 rings (SSSR count). The van der Waals surface area contributed by atoms with E-state index in [0.29, 0.717) is 18.0 Å². The Bertz CT molecular complexity index is 1230. The van der Waals surface area contributed by atoms with Gasteiger partial charge in [-0.3, -0.25) is 10.1 Å². The van der Waals surface area contributed by atoms with Gasteiger partial charge in [0.05, 0.1) is 20.3 Å². The molecule has 1 N–H and O–H groups in total. The van der Waals surface area contributed by atoms with Crippen molar-refractivity contribution >= 4 is 29.5 Å². The molecule has 218 valence electrons. The highest BCUT2D eigenvalue weighted by Gasteiger charge is 2.49. The molecular weight excluding hydrogens is 546 g/mol. The minimum absolute atomic E-state index is 0.173. The maximum atomic E-state index is 12.6. The van der Waals surface area contributed by atoms with Crippen molar-refractivity contribution < 1.29 is 38.0 Å². The van der Waals surface area contributed by atoms with E-state index in [2.05, 4.69) is 5.32 Å². The van der Waals surface area contributed by atoms with E-state index in [1.807, 2.05) is 66.9 Å². The van der Waals surface area contributed by atoms with Crippen molar-refractivity contribution in [2.45, 2.75) is 50.0 Å². The second kappa shape index (κ2) is 15.4. The molecule has 3 aromatic carbocycles. The predicted octanol–water partition coefficient (Wildman–Crippen LogP) is 5.43. The second-order valence-corrected chi connectivity index (χ2v) is 10.3. The molecule has 1 aliphatic heterocycles. The Morgan fingerprint density at radius 2 is 1.41 bits per heavy atom. The van der Waals surface area contributed by atoms with Crippen LogP contribution in [0.4, 0.5) is 10.5 Å². The van der Waals surface area contributed by atoms with Gasteiger partial charge in [-0.25, -0.2) is 4.79 Å². The number of carbonyl (C=O) groups excluding carboxylic acids is 2. The van der Waals surface area contributed by atoms with Gasteiger partial charge >= 0.3 is 12.1 Å². The molecule has 1 fully saturated rings. The molecule has 0 aliphatic carbocycles. The summed E-state index contributed by atoms with van der Waals surface area (Å²) in [4.78, 5) is 24.9. The molecule has 1 amide bonds. The molecule has 0 aromatic heterocycles. The molecule has 3 aromatic rings. The lowest BCUT2D eigenvalue weighted by Crippen LogP contribution is -2.60. The van der Waals surface area contributed by atoms with E-state index < -0.39 is 41.9 Å². The number of nitrogens with one attached hydrogen (secondary N) is 1. The maximum Gasteiger partial charge on any atom is 0.411 e. The van der Waals surface area contributed by atoms with E-state index >= 15 is 0 Å². The molecule has 5 atom stereocenters. The number of rotatable bonds is 12. The summed E-state index contributed by atoms with van der Waals surface area (Å²) in [6, 6.07) is 26.3. The summed E-state index contributed by atoms with van der Waals surface area (Å²) in [7, 11) is 1.57. The van der Waals surface area contributed by atoms with Crippen LogP contribution < -0.4 is 10.1 Å². The van der Waals surface area contributed by atoms with E-state index in [4.69, 9.17) is 28.4 Å². The van der Waals surface area contributed by atoms with Gasteiger partial charge in [0.15, 0.2) is 6.10 Å². The molecule has 0 radical (unpaired) electrons. The average Bonchev–Trinajstić information content (AvgIpc) is 3.00. The predicted molar refractivity (Wildman–Crippen MR) is 156 cm³/mol. The molecule has 0 spiro atoms. The largest absolute Gasteiger partial charge is 0.497 e. The Morgan fingerprint density at radius 1 is 0.829 bits per heavy atom. The van der Waals surface area contributed by atoms with Crippen molar-refractivity contribution in [3.8, 4) is 5.75 Å². The van der Waals surface area contributed by atoms with Crippen molar-refractivity contribution in [2.75, 3.05) is 25.3 Å². The molecule has 1 aliphatic rings. The van der Waals surface area contributed by atoms with E-state index in [1.54, 1.807) is 31.4 Å². The number of hydrogen-bond donors (Lipinski definition) is 1. The van der Waals surface area contributed by atoms with Gasteiger partial charge in [-0.05, 0) is 41.6 Å². The van der Waals surface area contributed by atoms with Gasteiger partial charge in [-0.15, -0.1) is 11.8 Å². The first-order valence-electron chi connectivity index (χ1n) is 13.2. The summed E-state index contributed by atoms with van der Waals surface area (Å²) in [6.07, 6.45) is -1.75. The molecule has 1 saturated heterocycles. The Balaban J connectivity index is 1.51. The summed E-state index contributed by atoms with van der Waals surface area (Å²) < 4.78 is 35.5. The van der Waals surface area contributed by atoms with E-state index in [1.165, 1.54) is 18.7 Å². The lowest BCUT2D eigenvalue weighted by atomic mass is 9.99. The molecule has 9 nitrogen and oxygen atoms in total. The first-order valence-corrected chi connectivity index (χ1v) is 14.5. The summed E-state index contributed by atoms with van der Waals surface area (Å²) in [5.41, 5.74) is 2.00. The number of methoxy groups -OCH3 is 1. The lowest BCUT2D eigenvalue weighted by Gasteiger charge is -2.45. The van der Waals surface area contributed by atoms with Crippen LogP contribution in [0, 0.1) is 0 Å². The molecule has 0 saturated carbocycles. The Hall–Kier alpha value is -3.57. The Morgan fingerprint density at radius 3 is 1.95 bits per heavy atom. The van der Waals surface area contributed by atoms with E-state index in [-0.39, 0.29) is 13.2 Å². The number of ether oxygens (including phenoxy) is 6. The number of carbonyl (C=O) groups is 2. The van der Waals surface area contributed by atoms with Crippen LogP contribution in [0.1, 0.15) is 18.1 Å². The van der Waals surface area contributed by atoms with Gasteiger partial charge in [-0.2, -0.15) is 0 Å². The quantitative estimate of drug-likeness (QED) is 0.281. The molecule has 41 heavy (non-hydrogen) atoms. The molecule has 0 unspecified atom stereocenters. The lowest BCUT2D eigenvalue weighted by molar-refractivity contribution is -0.245. The fraction of sp³-hybridized carbons (Fsp3) is 0.355. The van der Waals surface area contributed by atoms with Crippen molar-refractivity contribution in [1.29, 1.82) is 0 Å². The fourth-order valence-corrected chi connectivity index (χ4v) is 5.18. The zero-order valence-corrected chi connectivity index (χ0v) is 24.1. The van der Waals surface area contributed by atoms with Crippen LogP contribution in [0.25, 0.3) is 0 Å². The zero-order valence-electron chi connectivity index (χ0n) is 23.3. The monoisotopic (exact) mass is 581 g/mol. The highest BCUT2D eigenvalue weighted by Crippen LogP contribution is 2.34. The van der Waals surface area contributed by atoms with Crippen LogP contribution in [0.2, 0.25) is 0 Å². The molecular formula is C31H35NO8S. The smallest absolute Gasteiger partial charge is 0.411 e. The van der Waals surface area contributed by atoms with Crippen molar-refractivity contribution in [3.05, 3.63) is 96.1 Å². The first-order chi connectivity index (χ1) is 20.0. The highest BCUT2D eigenvalue weighted by molar-refractivity contribution is 7.99. The Kier molecular flexibility index (Phi) is 11.4. The summed E-state index contributed by atoms with van der Waals surface area (Å²) in [5.74, 6) is 0.154. The third-order valence-corrected chi connectivity index (χ3v) is 7.26. The average molecular weight is 582 g/mol. The van der Waals surface area contributed by atoms with Crippen LogP contribution in [0.5, 0.6) is 5.75 Å². The number of amides is 1. The standard InChI is InChI=1S/C31H35NO8S/c1-21(33)39-27-26(20-38-31(34)32-24-14-16-25(35-2)17-15-24)40-30(41-3)29(37-19-23-12-8-5-9-13-23)28(27)36-18-22-10-6-4-7-11-22/h4-17,26-30H,18-20H2,1-3H3,(H,32,34)/t26-,27-,28+,29-,30+/m1/s1. The normalized spacial score (nSPS) is 22.0. The number of esters is 1. The topological polar surface area (TPSA) is 102 Å². The highest BCUT2D eigenvalue weighted by atomic mass is 32.2. The summed E-state index contributed by atoms with van der Waals surface area (Å²) in [5, 5.41) is 2.68. The summed E-state index contributed by atoms with van der Waals surface area (Å²) in [6.45, 7) is 1.73. The Labute approximate surface area is 244 Å². The van der Waals surface area contributed by atoms with Gasteiger partial charge < -0.3 is 28.4 Å². The van der Waals surface area contributed by atoms with Crippen LogP contribution in [0.3, 0.4) is 0 Å². The van der Waals surface area contributed by atoms with Crippen molar-refractivity contribution in [1.82, 2.24) is 0 Å². The zero-order chi connectivity index (χ0) is 29.0. The molecule has 1 heterocycles. The number of benzene rings is 3. The van der Waals surface area contributed by atoms with Crippen LogP contribution >= 0.6 is 11.8 Å². The number of hydrogen-bond acceptors (Lipinski definition) is 9. The van der Waals surface area contributed by atoms with Gasteiger partial charge in [0.2, 0.25) is 0 Å². The third-order valence-electron chi connectivity index (χ3n) is 6.41. The minimum atomic E-state index is -0.894. The van der Waals surface area contributed by atoms with Gasteiger partial charge in [0.1, 0.15) is 36.1 Å². The van der Waals surface area contributed by atoms with Crippen LogP contribution in [-0.4, -0.2) is 61.9 Å². The first kappa shape index (κ1) is 30.4. The SMILES string of the molecule is COc1ccc(NC(=O)OC[C@H]2O[C@@H](SC)[C@H](OCc3ccccc3)[C@@H](OCc3ccccc3)[C@@H]2OC(C)=O)cc1. The number of thioether (sulfide) groups is 1. The van der Waals surface area contributed by atoms with E-state index in [9.17, 15) is 9.59 Å². The van der Waals surface area contributed by atoms with Gasteiger partial charge in [0, 0.05) is 12.6 Å². The van der Waals surface area contributed by atoms with Crippen LogP contribution in [-0.2, 0) is 41.7 Å². The van der Waals surface area contributed by atoms with Gasteiger partial charge in [-0.1, -0.05) is 60.7 Å². The molecule has 0 bridgehead atoms. The second-order valence-electron chi connectivity index (χ2n) is 9.33. The minimum Gasteiger partial charge on any atom is -0.497 e. The maximum absolute atomic E-state index is 12.6.